The fraction of sp³-hybridized carbons (Fsp3) is 0.524. The largest absolute Gasteiger partial charge is 0.387 e. The Morgan fingerprint density at radius 1 is 1.20 bits per heavy atom. The van der Waals surface area contributed by atoms with Crippen molar-refractivity contribution in [3.05, 3.63) is 29.3 Å². The van der Waals surface area contributed by atoms with Gasteiger partial charge in [0.2, 0.25) is 13.2 Å². The van der Waals surface area contributed by atoms with Gasteiger partial charge in [0, 0.05) is 0 Å². The normalized spacial score (nSPS) is 33.3. The highest BCUT2D eigenvalue weighted by Crippen LogP contribution is 2.65. The van der Waals surface area contributed by atoms with Crippen LogP contribution in [0.1, 0.15) is 12.5 Å². The molecule has 242 valence electrons. The number of alkyl halides is 1. The lowest BCUT2D eigenvalue weighted by Gasteiger charge is -2.33. The van der Waals surface area contributed by atoms with E-state index in [0.29, 0.717) is 11.2 Å². The molecule has 10 atom stereocenters. The number of nitrogens with two attached hydrogens (primary N) is 2. The topological polar surface area (TPSA) is 260 Å². The molecule has 4 aromatic heterocycles. The Morgan fingerprint density at radius 2 is 1.93 bits per heavy atom. The van der Waals surface area contributed by atoms with Crippen molar-refractivity contribution in [1.82, 2.24) is 39.0 Å². The van der Waals surface area contributed by atoms with Crippen LogP contribution in [0.3, 0.4) is 0 Å². The number of ether oxygens (including phenoxy) is 3. The average Bonchev–Trinajstić information content (AvgIpc) is 3.79. The summed E-state index contributed by atoms with van der Waals surface area (Å²) in [5.74, 6) is -0.110. The summed E-state index contributed by atoms with van der Waals surface area (Å²) in [5, 5.41) is 11.2. The van der Waals surface area contributed by atoms with Gasteiger partial charge in [-0.3, -0.25) is 28.0 Å². The summed E-state index contributed by atoms with van der Waals surface area (Å²) in [4.78, 5) is 35.1. The van der Waals surface area contributed by atoms with Gasteiger partial charge in [-0.2, -0.15) is 4.98 Å². The summed E-state index contributed by atoms with van der Waals surface area (Å²) in [7, 11) is -2.78. The van der Waals surface area contributed by atoms with E-state index in [1.807, 2.05) is 0 Å². The van der Waals surface area contributed by atoms with E-state index in [1.54, 1.807) is 0 Å². The second-order valence-electron chi connectivity index (χ2n) is 10.6. The Kier molecular flexibility index (Phi) is 7.75. The molecule has 3 saturated heterocycles. The number of H-pyrrole nitrogens is 1. The third kappa shape index (κ3) is 5.07. The zero-order valence-electron chi connectivity index (χ0n) is 22.6. The summed E-state index contributed by atoms with van der Waals surface area (Å²) >= 11 is 7.99. The zero-order valence-corrected chi connectivity index (χ0v) is 26.3. The molecular formula is C21H25FN10O9P2S2. The number of nitrogens with one attached hydrogen (secondary N) is 1. The molecule has 7 rings (SSSR count). The quantitative estimate of drug-likeness (QED) is 0.101. The maximum Gasteiger partial charge on any atom is 0.280 e. The van der Waals surface area contributed by atoms with Gasteiger partial charge in [0.05, 0.1) is 32.5 Å². The maximum atomic E-state index is 16.1. The van der Waals surface area contributed by atoms with E-state index in [2.05, 4.69) is 54.4 Å². The average molecular weight is 707 g/mol. The van der Waals surface area contributed by atoms with Gasteiger partial charge in [0.25, 0.3) is 12.1 Å². The number of anilines is 2. The Hall–Kier alpha value is -2.65. The standard InChI is InChI=1S/C21H25FN10O9P2S2/c22-8-7(1-38-42(35)44)40-19(32-6-28-10-16(32)29-20(24)30-17(10)34)12(8)43(36,45)39-3-21-2-37-11(13(21)33)18(41-21)31-5-27-9-14(23)25-4-26-15(9)31/h4-8,11-13,18-19,33,42H,1-3H2,(H,35,44)(H,36,45)(H2,23,25,26)(H3,24,29,30,34)/t7-,8-,11-,12-,13+,18-,19-,21-,43?/m1/s1. The lowest BCUT2D eigenvalue weighted by atomic mass is 10.0. The maximum absolute atomic E-state index is 16.1. The van der Waals surface area contributed by atoms with Crippen molar-refractivity contribution in [2.45, 2.75) is 48.2 Å². The van der Waals surface area contributed by atoms with Crippen molar-refractivity contribution in [1.29, 1.82) is 0 Å². The highest BCUT2D eigenvalue weighted by molar-refractivity contribution is 8.46. The second kappa shape index (κ2) is 11.3. The lowest BCUT2D eigenvalue weighted by molar-refractivity contribution is -0.182. The van der Waals surface area contributed by atoms with E-state index in [0.717, 1.165) is 6.33 Å². The molecule has 4 aromatic rings. The summed E-state index contributed by atoms with van der Waals surface area (Å²) in [6.07, 6.45) is -4.19. The number of hydrogen-bond donors (Lipinski definition) is 6. The fourth-order valence-corrected chi connectivity index (χ4v) is 8.87. The lowest BCUT2D eigenvalue weighted by Crippen LogP contribution is -2.45. The van der Waals surface area contributed by atoms with E-state index < -0.39 is 80.8 Å². The first kappa shape index (κ1) is 31.0. The minimum absolute atomic E-state index is 0.0869. The number of aromatic nitrogens is 8. The molecule has 3 aliphatic rings. The third-order valence-electron chi connectivity index (χ3n) is 7.92. The predicted octanol–water partition coefficient (Wildman–Crippen LogP) is 0.231. The van der Waals surface area contributed by atoms with Crippen LogP contribution in [0.5, 0.6) is 0 Å². The summed E-state index contributed by atoms with van der Waals surface area (Å²) in [6, 6.07) is 0. The van der Waals surface area contributed by atoms with Crippen LogP contribution in [-0.4, -0.2) is 99.7 Å². The van der Waals surface area contributed by atoms with Gasteiger partial charge in [0.15, 0.2) is 35.1 Å². The minimum Gasteiger partial charge on any atom is -0.387 e. The van der Waals surface area contributed by atoms with E-state index >= 15 is 4.39 Å². The van der Waals surface area contributed by atoms with Crippen LogP contribution in [0.25, 0.3) is 22.3 Å². The first-order chi connectivity index (χ1) is 21.4. The smallest absolute Gasteiger partial charge is 0.280 e. The molecule has 0 amide bonds. The van der Waals surface area contributed by atoms with Gasteiger partial charge in [-0.25, -0.2) is 24.3 Å². The van der Waals surface area contributed by atoms with E-state index in [-0.39, 0.29) is 29.5 Å². The number of rotatable bonds is 9. The number of hydrogen-bond acceptors (Lipinski definition) is 16. The molecule has 0 saturated carbocycles. The second-order valence-corrected chi connectivity index (χ2v) is 16.1. The molecule has 6 N–H and O–H groups in total. The number of thiol groups is 2. The first-order valence-corrected chi connectivity index (χ1v) is 18.6. The number of nitrogens with zero attached hydrogens (tertiary/aromatic N) is 7. The van der Waals surface area contributed by atoms with Crippen LogP contribution in [0.2, 0.25) is 0 Å². The molecule has 2 unspecified atom stereocenters. The molecule has 45 heavy (non-hydrogen) atoms. The number of nitrogen functional groups attached to an aromatic ring is 2. The van der Waals surface area contributed by atoms with Crippen molar-refractivity contribution in [3.8, 4) is 0 Å². The first-order valence-electron chi connectivity index (χ1n) is 13.2. The van der Waals surface area contributed by atoms with Crippen LogP contribution < -0.4 is 17.0 Å². The molecule has 3 fully saturated rings. The SMILES string of the molecule is Nc1nc2c(ncn2[C@@H]2O[C@H](CO[PH](=O)S)[C@@H](F)[C@H]2P(=O)(S)OC[C@@]23CO[C@@H]([C@H](n4cnc5c(N)ncnc54)O2)[C@@H]3O)c(=O)[nH]1. The molecule has 0 aromatic carbocycles. The monoisotopic (exact) mass is 706 g/mol. The number of aliphatic hydroxyl groups is 1. The Morgan fingerprint density at radius 3 is 2.69 bits per heavy atom. The Balaban J connectivity index is 1.18. The number of fused-ring (bicyclic) bond motifs is 4. The van der Waals surface area contributed by atoms with Crippen molar-refractivity contribution in [2.24, 2.45) is 0 Å². The van der Waals surface area contributed by atoms with Gasteiger partial charge in [-0.15, -0.1) is 0 Å². The number of aliphatic hydroxyl groups excluding tert-OH is 1. The van der Waals surface area contributed by atoms with Crippen LogP contribution in [-0.2, 0) is 32.4 Å². The van der Waals surface area contributed by atoms with Crippen molar-refractivity contribution < 1.29 is 41.9 Å². The number of aromatic amines is 1. The van der Waals surface area contributed by atoms with Crippen molar-refractivity contribution in [2.75, 3.05) is 31.3 Å². The summed E-state index contributed by atoms with van der Waals surface area (Å²) in [5.41, 5.74) is 8.17. The molecule has 7 heterocycles. The minimum atomic E-state index is -4.37. The van der Waals surface area contributed by atoms with Crippen LogP contribution >= 0.6 is 38.3 Å². The molecular weight excluding hydrogens is 681 g/mol. The van der Waals surface area contributed by atoms with Gasteiger partial charge in [-0.1, -0.05) is 24.5 Å². The highest BCUT2D eigenvalue weighted by Gasteiger charge is 2.63. The van der Waals surface area contributed by atoms with Gasteiger partial charge < -0.3 is 39.8 Å². The third-order valence-corrected chi connectivity index (χ3v) is 11.7. The number of halogens is 1. The fourth-order valence-electron chi connectivity index (χ4n) is 5.78. The van der Waals surface area contributed by atoms with E-state index in [4.69, 9.17) is 34.7 Å². The molecule has 0 radical (unpaired) electrons. The van der Waals surface area contributed by atoms with Crippen LogP contribution in [0.4, 0.5) is 16.2 Å². The Labute approximate surface area is 261 Å². The van der Waals surface area contributed by atoms with Gasteiger partial charge in [0.1, 0.15) is 47.6 Å². The molecule has 3 aliphatic heterocycles. The Bertz CT molecular complexity index is 1930. The van der Waals surface area contributed by atoms with E-state index in [1.165, 1.54) is 21.8 Å². The van der Waals surface area contributed by atoms with E-state index in [9.17, 15) is 19.0 Å². The summed E-state index contributed by atoms with van der Waals surface area (Å²) < 4.78 is 73.2. The molecule has 0 spiro atoms. The van der Waals surface area contributed by atoms with Gasteiger partial charge >= 0.3 is 0 Å². The molecule has 2 bridgehead atoms. The van der Waals surface area contributed by atoms with Crippen molar-refractivity contribution >= 4 is 72.4 Å². The summed E-state index contributed by atoms with van der Waals surface area (Å²) in [6.45, 7) is -5.57. The highest BCUT2D eigenvalue weighted by atomic mass is 32.7. The van der Waals surface area contributed by atoms with Crippen LogP contribution in [0, 0.1) is 0 Å². The molecule has 19 nitrogen and oxygen atoms in total. The van der Waals surface area contributed by atoms with Gasteiger partial charge in [-0.05, 0) is 0 Å². The molecule has 24 heteroatoms. The van der Waals surface area contributed by atoms with Crippen LogP contribution in [0.15, 0.2) is 23.8 Å². The zero-order chi connectivity index (χ0) is 31.8. The van der Waals surface area contributed by atoms with Crippen molar-refractivity contribution in [3.63, 3.8) is 0 Å². The number of imidazole rings is 2. The predicted molar refractivity (Wildman–Crippen MR) is 160 cm³/mol. The molecule has 0 aliphatic carbocycles.